The lowest BCUT2D eigenvalue weighted by atomic mass is 10.0. The number of rotatable bonds is 10. The third-order valence-corrected chi connectivity index (χ3v) is 5.88. The molecule has 0 fully saturated rings. The molecule has 1 amide bonds. The summed E-state index contributed by atoms with van der Waals surface area (Å²) in [4.78, 5) is 32.0. The number of aromatic amines is 1. The Morgan fingerprint density at radius 3 is 2.49 bits per heavy atom. The molecule has 192 valence electrons. The number of aliphatic hydroxyl groups excluding tert-OH is 1. The molecular formula is C26H30N8O3. The summed E-state index contributed by atoms with van der Waals surface area (Å²) >= 11 is 0. The monoisotopic (exact) mass is 502 g/mol. The summed E-state index contributed by atoms with van der Waals surface area (Å²) in [7, 11) is 0. The minimum Gasteiger partial charge on any atom is -0.395 e. The molecule has 0 saturated heterocycles. The second-order valence-electron chi connectivity index (χ2n) is 8.76. The molecule has 2 aromatic carbocycles. The summed E-state index contributed by atoms with van der Waals surface area (Å²) in [5.41, 5.74) is 15.5. The van der Waals surface area contributed by atoms with Gasteiger partial charge in [0.05, 0.1) is 12.3 Å². The Bertz CT molecular complexity index is 1440. The lowest BCUT2D eigenvalue weighted by molar-refractivity contribution is -0.121. The van der Waals surface area contributed by atoms with Gasteiger partial charge in [0, 0.05) is 42.8 Å². The van der Waals surface area contributed by atoms with Crippen molar-refractivity contribution < 1.29 is 9.90 Å². The number of carbonyl (C=O) groups excluding carboxylic acids is 1. The SMILES string of the molecule is N=C(N)NCCC(=O)NCc1ccc(-n2cc3cc(-c4ccc(C[C@H](N)CO)cc4)[nH]c3nc2=O)cc1. The fraction of sp³-hybridized carbons (Fsp3) is 0.231. The summed E-state index contributed by atoms with van der Waals surface area (Å²) in [5, 5.41) is 22.4. The molecular weight excluding hydrogens is 472 g/mol. The van der Waals surface area contributed by atoms with Gasteiger partial charge in [0.2, 0.25) is 5.91 Å². The number of benzene rings is 2. The number of fused-ring (bicyclic) bond motifs is 1. The van der Waals surface area contributed by atoms with Crippen molar-refractivity contribution in [1.29, 1.82) is 5.41 Å². The van der Waals surface area contributed by atoms with Crippen LogP contribution >= 0.6 is 0 Å². The van der Waals surface area contributed by atoms with E-state index in [1.807, 2.05) is 42.5 Å². The van der Waals surface area contributed by atoms with Gasteiger partial charge >= 0.3 is 5.69 Å². The number of nitrogens with one attached hydrogen (secondary N) is 4. The number of hydrogen-bond acceptors (Lipinski definition) is 6. The van der Waals surface area contributed by atoms with Crippen molar-refractivity contribution in [3.05, 3.63) is 82.4 Å². The normalized spacial score (nSPS) is 11.8. The number of nitrogens with zero attached hydrogens (tertiary/aromatic N) is 2. The van der Waals surface area contributed by atoms with Crippen LogP contribution in [-0.4, -0.2) is 50.7 Å². The van der Waals surface area contributed by atoms with Crippen LogP contribution in [0.1, 0.15) is 17.5 Å². The molecule has 0 spiro atoms. The van der Waals surface area contributed by atoms with E-state index >= 15 is 0 Å². The number of H-pyrrole nitrogens is 1. The van der Waals surface area contributed by atoms with Gasteiger partial charge in [0.1, 0.15) is 5.65 Å². The smallest absolute Gasteiger partial charge is 0.354 e. The number of guanidine groups is 1. The first-order valence-electron chi connectivity index (χ1n) is 11.8. The van der Waals surface area contributed by atoms with Crippen molar-refractivity contribution in [2.24, 2.45) is 11.5 Å². The van der Waals surface area contributed by atoms with E-state index in [1.165, 1.54) is 4.57 Å². The lowest BCUT2D eigenvalue weighted by Crippen LogP contribution is -2.34. The van der Waals surface area contributed by atoms with E-state index in [4.69, 9.17) is 22.0 Å². The quantitative estimate of drug-likeness (QED) is 0.123. The van der Waals surface area contributed by atoms with Crippen molar-refractivity contribution in [1.82, 2.24) is 25.2 Å². The molecule has 4 rings (SSSR count). The molecule has 0 aliphatic carbocycles. The van der Waals surface area contributed by atoms with E-state index in [1.54, 1.807) is 18.3 Å². The predicted molar refractivity (Wildman–Crippen MR) is 142 cm³/mol. The molecule has 0 aliphatic rings. The Hall–Kier alpha value is -4.48. The zero-order chi connectivity index (χ0) is 26.4. The fourth-order valence-corrected chi connectivity index (χ4v) is 3.90. The molecule has 37 heavy (non-hydrogen) atoms. The van der Waals surface area contributed by atoms with E-state index in [-0.39, 0.29) is 30.9 Å². The van der Waals surface area contributed by atoms with E-state index in [9.17, 15) is 9.59 Å². The minimum atomic E-state index is -0.409. The maximum Gasteiger partial charge on any atom is 0.354 e. The Kier molecular flexibility index (Phi) is 7.96. The maximum atomic E-state index is 12.7. The zero-order valence-corrected chi connectivity index (χ0v) is 20.2. The third kappa shape index (κ3) is 6.60. The Morgan fingerprint density at radius 1 is 1.11 bits per heavy atom. The molecule has 9 N–H and O–H groups in total. The van der Waals surface area contributed by atoms with Gasteiger partial charge in [-0.15, -0.1) is 0 Å². The van der Waals surface area contributed by atoms with Gasteiger partial charge in [-0.2, -0.15) is 4.98 Å². The highest BCUT2D eigenvalue weighted by Gasteiger charge is 2.10. The fourth-order valence-electron chi connectivity index (χ4n) is 3.90. The maximum absolute atomic E-state index is 12.7. The molecule has 0 bridgehead atoms. The van der Waals surface area contributed by atoms with Crippen molar-refractivity contribution in [3.63, 3.8) is 0 Å². The molecule has 0 saturated carbocycles. The van der Waals surface area contributed by atoms with Crippen LogP contribution in [0.5, 0.6) is 0 Å². The predicted octanol–water partition coefficient (Wildman–Crippen LogP) is 0.732. The van der Waals surface area contributed by atoms with E-state index in [0.717, 1.165) is 27.8 Å². The molecule has 11 nitrogen and oxygen atoms in total. The number of amides is 1. The standard InChI is InChI=1S/C26H30N8O3/c27-20(15-35)11-16-1-5-18(6-2-16)22-12-19-14-34(26(37)33-24(19)32-22)21-7-3-17(4-8-21)13-31-23(36)9-10-30-25(28)29/h1-8,12,14,20,35H,9-11,13,15,27H2,(H,31,36)(H4,28,29,30)(H,32,33,37)/t20-/m0/s1. The van der Waals surface area contributed by atoms with Crippen LogP contribution in [0, 0.1) is 5.41 Å². The van der Waals surface area contributed by atoms with Gasteiger partial charge < -0.3 is 32.2 Å². The third-order valence-electron chi connectivity index (χ3n) is 5.88. The van der Waals surface area contributed by atoms with Crippen LogP contribution in [0.3, 0.4) is 0 Å². The Labute approximate surface area is 213 Å². The molecule has 1 atom stereocenters. The Morgan fingerprint density at radius 2 is 1.81 bits per heavy atom. The molecule has 2 heterocycles. The van der Waals surface area contributed by atoms with E-state index in [0.29, 0.717) is 30.8 Å². The number of carbonyl (C=O) groups is 1. The van der Waals surface area contributed by atoms with E-state index in [2.05, 4.69) is 20.6 Å². The molecule has 0 aliphatic heterocycles. The largest absolute Gasteiger partial charge is 0.395 e. The van der Waals surface area contributed by atoms with Crippen LogP contribution in [-0.2, 0) is 17.8 Å². The first-order valence-corrected chi connectivity index (χ1v) is 11.8. The average Bonchev–Trinajstić information content (AvgIpc) is 3.30. The summed E-state index contributed by atoms with van der Waals surface area (Å²) in [5.74, 6) is -0.327. The van der Waals surface area contributed by atoms with Crippen LogP contribution in [0.15, 0.2) is 65.6 Å². The summed E-state index contributed by atoms with van der Waals surface area (Å²) in [6, 6.07) is 16.8. The van der Waals surface area contributed by atoms with Crippen LogP contribution < -0.4 is 27.8 Å². The van der Waals surface area contributed by atoms with Gasteiger partial charge in [-0.3, -0.25) is 14.8 Å². The second-order valence-corrected chi connectivity index (χ2v) is 8.76. The molecule has 0 unspecified atom stereocenters. The lowest BCUT2D eigenvalue weighted by Gasteiger charge is -2.08. The molecule has 0 radical (unpaired) electrons. The van der Waals surface area contributed by atoms with Crippen molar-refractivity contribution >= 4 is 22.9 Å². The molecule has 4 aromatic rings. The summed E-state index contributed by atoms with van der Waals surface area (Å²) < 4.78 is 1.48. The van der Waals surface area contributed by atoms with Crippen LogP contribution in [0.25, 0.3) is 28.0 Å². The van der Waals surface area contributed by atoms with Gasteiger partial charge in [0.25, 0.3) is 0 Å². The summed E-state index contributed by atoms with van der Waals surface area (Å²) in [6.45, 7) is 0.578. The van der Waals surface area contributed by atoms with Gasteiger partial charge in [-0.1, -0.05) is 36.4 Å². The van der Waals surface area contributed by atoms with Gasteiger partial charge in [-0.25, -0.2) is 4.79 Å². The second kappa shape index (κ2) is 11.5. The number of nitrogens with two attached hydrogens (primary N) is 2. The number of aromatic nitrogens is 3. The zero-order valence-electron chi connectivity index (χ0n) is 20.2. The highest BCUT2D eigenvalue weighted by Crippen LogP contribution is 2.23. The molecule has 11 heteroatoms. The van der Waals surface area contributed by atoms with Gasteiger partial charge in [0.15, 0.2) is 5.96 Å². The van der Waals surface area contributed by atoms with Crippen molar-refractivity contribution in [2.45, 2.75) is 25.4 Å². The van der Waals surface area contributed by atoms with Crippen LogP contribution in [0.2, 0.25) is 0 Å². The first kappa shape index (κ1) is 25.6. The number of aliphatic hydroxyl groups is 1. The first-order chi connectivity index (χ1) is 17.8. The van der Waals surface area contributed by atoms with E-state index < -0.39 is 5.69 Å². The number of hydrogen-bond donors (Lipinski definition) is 7. The Balaban J connectivity index is 1.45. The van der Waals surface area contributed by atoms with Crippen LogP contribution in [0.4, 0.5) is 0 Å². The summed E-state index contributed by atoms with van der Waals surface area (Å²) in [6.07, 6.45) is 2.55. The van der Waals surface area contributed by atoms with Crippen molar-refractivity contribution in [3.8, 4) is 16.9 Å². The minimum absolute atomic E-state index is 0.0621. The van der Waals surface area contributed by atoms with Gasteiger partial charge in [-0.05, 0) is 41.3 Å². The highest BCUT2D eigenvalue weighted by atomic mass is 16.3. The highest BCUT2D eigenvalue weighted by molar-refractivity contribution is 5.82. The topological polar surface area (TPSA) is 188 Å². The average molecular weight is 503 g/mol. The van der Waals surface area contributed by atoms with Crippen molar-refractivity contribution in [2.75, 3.05) is 13.2 Å². The molecule has 2 aromatic heterocycles.